The standard InChI is InChI=1S/C6H12O5/c1-3-10-2-4(7)5(11-3)6(8)9/h3-9H,2H2,1H3. The van der Waals surface area contributed by atoms with Crippen molar-refractivity contribution in [3.63, 3.8) is 0 Å². The Morgan fingerprint density at radius 1 is 1.45 bits per heavy atom. The molecule has 1 fully saturated rings. The van der Waals surface area contributed by atoms with Crippen molar-refractivity contribution in [1.82, 2.24) is 0 Å². The highest BCUT2D eigenvalue weighted by Crippen LogP contribution is 2.14. The summed E-state index contributed by atoms with van der Waals surface area (Å²) in [5, 5.41) is 26.4. The molecule has 0 aromatic carbocycles. The molecule has 1 aliphatic heterocycles. The molecule has 0 saturated carbocycles. The molecule has 0 aromatic heterocycles. The minimum absolute atomic E-state index is 0.0729. The molecule has 1 aliphatic rings. The van der Waals surface area contributed by atoms with Gasteiger partial charge in [0, 0.05) is 0 Å². The lowest BCUT2D eigenvalue weighted by molar-refractivity contribution is -0.291. The van der Waals surface area contributed by atoms with Crippen molar-refractivity contribution in [2.24, 2.45) is 0 Å². The molecule has 3 N–H and O–H groups in total. The molecular weight excluding hydrogens is 152 g/mol. The molecule has 0 bridgehead atoms. The predicted molar refractivity (Wildman–Crippen MR) is 34.5 cm³/mol. The zero-order chi connectivity index (χ0) is 8.43. The molecule has 0 aromatic rings. The van der Waals surface area contributed by atoms with Crippen molar-refractivity contribution in [3.8, 4) is 0 Å². The van der Waals surface area contributed by atoms with E-state index in [0.717, 1.165) is 0 Å². The van der Waals surface area contributed by atoms with Gasteiger partial charge < -0.3 is 24.8 Å². The quantitative estimate of drug-likeness (QED) is 0.407. The fourth-order valence-electron chi connectivity index (χ4n) is 0.949. The second kappa shape index (κ2) is 3.46. The zero-order valence-corrected chi connectivity index (χ0v) is 6.17. The van der Waals surface area contributed by atoms with E-state index in [9.17, 15) is 0 Å². The van der Waals surface area contributed by atoms with Gasteiger partial charge in [-0.15, -0.1) is 0 Å². The highest BCUT2D eigenvalue weighted by Gasteiger charge is 2.32. The van der Waals surface area contributed by atoms with E-state index in [0.29, 0.717) is 0 Å². The smallest absolute Gasteiger partial charge is 0.181 e. The third-order valence-corrected chi connectivity index (χ3v) is 1.52. The highest BCUT2D eigenvalue weighted by molar-refractivity contribution is 4.73. The lowest BCUT2D eigenvalue weighted by Crippen LogP contribution is -2.48. The monoisotopic (exact) mass is 164 g/mol. The first-order chi connectivity index (χ1) is 5.11. The van der Waals surface area contributed by atoms with Gasteiger partial charge in [-0.05, 0) is 6.92 Å². The molecule has 0 amide bonds. The summed E-state index contributed by atoms with van der Waals surface area (Å²) in [6.45, 7) is 1.70. The molecule has 1 rings (SSSR count). The van der Waals surface area contributed by atoms with Crippen LogP contribution in [0.5, 0.6) is 0 Å². The molecule has 1 heterocycles. The summed E-state index contributed by atoms with van der Waals surface area (Å²) in [5.41, 5.74) is 0. The average molecular weight is 164 g/mol. The molecule has 0 aliphatic carbocycles. The van der Waals surface area contributed by atoms with Crippen molar-refractivity contribution in [1.29, 1.82) is 0 Å². The van der Waals surface area contributed by atoms with Crippen molar-refractivity contribution < 1.29 is 24.8 Å². The van der Waals surface area contributed by atoms with Crippen LogP contribution in [0.15, 0.2) is 0 Å². The average Bonchev–Trinajstić information content (AvgIpc) is 1.94. The lowest BCUT2D eigenvalue weighted by Gasteiger charge is -2.32. The Hall–Kier alpha value is -0.200. The predicted octanol–water partition coefficient (Wildman–Crippen LogP) is -1.58. The van der Waals surface area contributed by atoms with Gasteiger partial charge in [-0.2, -0.15) is 0 Å². The Bertz CT molecular complexity index is 126. The van der Waals surface area contributed by atoms with Crippen LogP contribution in [0.25, 0.3) is 0 Å². The summed E-state index contributed by atoms with van der Waals surface area (Å²) in [6, 6.07) is 0. The number of hydrogen-bond acceptors (Lipinski definition) is 5. The van der Waals surface area contributed by atoms with E-state index in [1.807, 2.05) is 0 Å². The Morgan fingerprint density at radius 2 is 2.09 bits per heavy atom. The molecular formula is C6H12O5. The van der Waals surface area contributed by atoms with E-state index in [2.05, 4.69) is 0 Å². The van der Waals surface area contributed by atoms with Gasteiger partial charge in [0.05, 0.1) is 6.61 Å². The van der Waals surface area contributed by atoms with E-state index in [-0.39, 0.29) is 6.61 Å². The number of aliphatic hydroxyl groups excluding tert-OH is 2. The molecule has 11 heavy (non-hydrogen) atoms. The summed E-state index contributed by atoms with van der Waals surface area (Å²) in [5.74, 6) is 0. The second-order valence-electron chi connectivity index (χ2n) is 2.48. The van der Waals surface area contributed by atoms with E-state index in [1.54, 1.807) is 6.92 Å². The van der Waals surface area contributed by atoms with E-state index >= 15 is 0 Å². The van der Waals surface area contributed by atoms with Crippen LogP contribution in [0, 0.1) is 0 Å². The maximum atomic E-state index is 9.09. The van der Waals surface area contributed by atoms with Crippen molar-refractivity contribution in [2.75, 3.05) is 6.61 Å². The number of aliphatic hydroxyl groups is 3. The number of hydrogen-bond donors (Lipinski definition) is 3. The summed E-state index contributed by atoms with van der Waals surface area (Å²) < 4.78 is 9.76. The largest absolute Gasteiger partial charge is 0.388 e. The van der Waals surface area contributed by atoms with E-state index in [4.69, 9.17) is 24.8 Å². The summed E-state index contributed by atoms with van der Waals surface area (Å²) >= 11 is 0. The minimum Gasteiger partial charge on any atom is -0.388 e. The zero-order valence-electron chi connectivity index (χ0n) is 6.17. The number of rotatable bonds is 1. The van der Waals surface area contributed by atoms with Gasteiger partial charge in [0.1, 0.15) is 12.2 Å². The molecule has 1 saturated heterocycles. The molecule has 3 atom stereocenters. The van der Waals surface area contributed by atoms with Gasteiger partial charge in [-0.25, -0.2) is 0 Å². The molecule has 0 spiro atoms. The lowest BCUT2D eigenvalue weighted by atomic mass is 10.2. The maximum absolute atomic E-state index is 9.09. The SMILES string of the molecule is CC1OCC(O)C(C(O)O)O1. The van der Waals surface area contributed by atoms with Gasteiger partial charge >= 0.3 is 0 Å². The summed E-state index contributed by atoms with van der Waals surface area (Å²) in [6.07, 6.45) is -4.08. The van der Waals surface area contributed by atoms with Crippen LogP contribution in [-0.2, 0) is 9.47 Å². The molecule has 0 radical (unpaired) electrons. The third kappa shape index (κ3) is 2.11. The van der Waals surface area contributed by atoms with Crippen molar-refractivity contribution in [2.45, 2.75) is 31.7 Å². The first-order valence-electron chi connectivity index (χ1n) is 3.42. The fourth-order valence-corrected chi connectivity index (χ4v) is 0.949. The Labute approximate surface area is 64.2 Å². The van der Waals surface area contributed by atoms with Crippen molar-refractivity contribution in [3.05, 3.63) is 0 Å². The normalized spacial score (nSPS) is 39.5. The van der Waals surface area contributed by atoms with E-state index < -0.39 is 24.8 Å². The Morgan fingerprint density at radius 3 is 2.55 bits per heavy atom. The maximum Gasteiger partial charge on any atom is 0.181 e. The Balaban J connectivity index is 2.47. The van der Waals surface area contributed by atoms with Crippen molar-refractivity contribution >= 4 is 0 Å². The third-order valence-electron chi connectivity index (χ3n) is 1.52. The fraction of sp³-hybridized carbons (Fsp3) is 1.00. The topological polar surface area (TPSA) is 79.2 Å². The van der Waals surface area contributed by atoms with Gasteiger partial charge in [-0.1, -0.05) is 0 Å². The van der Waals surface area contributed by atoms with Crippen LogP contribution >= 0.6 is 0 Å². The van der Waals surface area contributed by atoms with Crippen LogP contribution in [0.3, 0.4) is 0 Å². The Kier molecular flexibility index (Phi) is 2.80. The van der Waals surface area contributed by atoms with Gasteiger partial charge in [0.2, 0.25) is 0 Å². The van der Waals surface area contributed by atoms with E-state index in [1.165, 1.54) is 0 Å². The molecule has 3 unspecified atom stereocenters. The summed E-state index contributed by atoms with van der Waals surface area (Å²) in [4.78, 5) is 0. The molecule has 5 heteroatoms. The first kappa shape index (κ1) is 8.89. The second-order valence-corrected chi connectivity index (χ2v) is 2.48. The van der Waals surface area contributed by atoms with Gasteiger partial charge in [-0.3, -0.25) is 0 Å². The summed E-state index contributed by atoms with van der Waals surface area (Å²) in [7, 11) is 0. The van der Waals surface area contributed by atoms with Crippen LogP contribution in [0.1, 0.15) is 6.92 Å². The van der Waals surface area contributed by atoms with Gasteiger partial charge in [0.15, 0.2) is 12.6 Å². The van der Waals surface area contributed by atoms with Gasteiger partial charge in [0.25, 0.3) is 0 Å². The minimum atomic E-state index is -1.66. The number of ether oxygens (including phenoxy) is 2. The van der Waals surface area contributed by atoms with Crippen LogP contribution < -0.4 is 0 Å². The van der Waals surface area contributed by atoms with Crippen LogP contribution in [0.4, 0.5) is 0 Å². The molecule has 5 nitrogen and oxygen atoms in total. The van der Waals surface area contributed by atoms with Crippen LogP contribution in [-0.4, -0.2) is 46.7 Å². The highest BCUT2D eigenvalue weighted by atomic mass is 16.7. The van der Waals surface area contributed by atoms with Crippen LogP contribution in [0.2, 0.25) is 0 Å². The molecule has 66 valence electrons. The first-order valence-corrected chi connectivity index (χ1v) is 3.42.